The van der Waals surface area contributed by atoms with Crippen molar-refractivity contribution in [2.75, 3.05) is 59.3 Å². The van der Waals surface area contributed by atoms with E-state index in [0.717, 1.165) is 50.3 Å². The van der Waals surface area contributed by atoms with Crippen molar-refractivity contribution in [3.63, 3.8) is 0 Å². The normalized spacial score (nSPS) is 34.8. The first kappa shape index (κ1) is 33.5. The van der Waals surface area contributed by atoms with Crippen molar-refractivity contribution in [1.82, 2.24) is 4.90 Å². The molecule has 5 aliphatic carbocycles. The Morgan fingerprint density at radius 3 is 2.38 bits per heavy atom. The van der Waals surface area contributed by atoms with E-state index in [1.165, 1.54) is 18.4 Å². The molecular weight excluding hydrogens is 602 g/mol. The fraction of sp³-hybridized carbons (Fsp3) is 0.811. The van der Waals surface area contributed by atoms with Gasteiger partial charge >= 0.3 is 6.16 Å². The van der Waals surface area contributed by atoms with Crippen molar-refractivity contribution in [3.8, 4) is 11.5 Å². The zero-order valence-corrected chi connectivity index (χ0v) is 29.0. The van der Waals surface area contributed by atoms with Gasteiger partial charge in [-0.1, -0.05) is 26.8 Å². The molecule has 8 rings (SSSR count). The van der Waals surface area contributed by atoms with Gasteiger partial charge in [0.1, 0.15) is 18.3 Å². The minimum atomic E-state index is -1.22. The number of nitrogens with zero attached hydrogens (tertiary/aromatic N) is 1. The first-order valence-corrected chi connectivity index (χ1v) is 18.0. The highest BCUT2D eigenvalue weighted by atomic mass is 16.7. The van der Waals surface area contributed by atoms with Crippen LogP contribution < -0.4 is 9.47 Å². The summed E-state index contributed by atoms with van der Waals surface area (Å²) in [7, 11) is 0. The fourth-order valence-electron chi connectivity index (χ4n) is 10.2. The number of rotatable bonds is 14. The molecule has 5 fully saturated rings. The molecular formula is C37H55NO9. The molecule has 2 heterocycles. The van der Waals surface area contributed by atoms with Gasteiger partial charge in [0.05, 0.1) is 38.6 Å². The molecule has 4 bridgehead atoms. The van der Waals surface area contributed by atoms with E-state index in [9.17, 15) is 15.0 Å². The number of aliphatic hydroxyl groups is 2. The maximum atomic E-state index is 12.9. The molecule has 10 nitrogen and oxygen atoms in total. The van der Waals surface area contributed by atoms with Crippen LogP contribution in [0.3, 0.4) is 0 Å². The lowest BCUT2D eigenvalue weighted by Crippen LogP contribution is -2.82. The van der Waals surface area contributed by atoms with Gasteiger partial charge in [-0.25, -0.2) is 4.79 Å². The Bertz CT molecular complexity index is 1340. The summed E-state index contributed by atoms with van der Waals surface area (Å²) in [6.07, 6.45) is 5.29. The van der Waals surface area contributed by atoms with Crippen molar-refractivity contribution in [2.45, 2.75) is 108 Å². The van der Waals surface area contributed by atoms with Crippen LogP contribution in [0.25, 0.3) is 0 Å². The van der Waals surface area contributed by atoms with Crippen LogP contribution in [-0.2, 0) is 30.8 Å². The summed E-state index contributed by atoms with van der Waals surface area (Å²) in [4.78, 5) is 15.6. The molecule has 7 aliphatic rings. The van der Waals surface area contributed by atoms with Gasteiger partial charge in [-0.2, -0.15) is 0 Å². The summed E-state index contributed by atoms with van der Waals surface area (Å²) < 4.78 is 34.3. The third-order valence-electron chi connectivity index (χ3n) is 13.1. The van der Waals surface area contributed by atoms with Crippen LogP contribution in [0.4, 0.5) is 4.79 Å². The van der Waals surface area contributed by atoms with Crippen molar-refractivity contribution >= 4 is 6.16 Å². The zero-order chi connectivity index (χ0) is 33.2. The minimum Gasteiger partial charge on any atom is -0.482 e. The Morgan fingerprint density at radius 2 is 1.70 bits per heavy atom. The molecule has 1 aromatic carbocycles. The molecule has 4 saturated carbocycles. The number of carbonyl (C=O) groups is 1. The second-order valence-corrected chi connectivity index (χ2v) is 16.2. The third kappa shape index (κ3) is 5.23. The van der Waals surface area contributed by atoms with Crippen LogP contribution in [0, 0.1) is 22.7 Å². The van der Waals surface area contributed by atoms with E-state index in [2.05, 4.69) is 31.7 Å². The lowest BCUT2D eigenvalue weighted by molar-refractivity contribution is -0.305. The number of fused-ring (bicyclic) bond motifs is 2. The van der Waals surface area contributed by atoms with Crippen molar-refractivity contribution < 1.29 is 43.4 Å². The lowest BCUT2D eigenvalue weighted by atomic mass is 9.33. The summed E-state index contributed by atoms with van der Waals surface area (Å²) in [5, 5.41) is 25.1. The molecule has 1 aromatic rings. The SMILES string of the molecule is CCOCCOCCOCCOC(=O)Oc1ccc2c3c1O[C@@H]1C34CCN(CC3CC3)[C@H](C2)C42CC[C@]1(O)[C@@H]([C@](C)(O)C(C)(C)C)C2. The average Bonchev–Trinajstić information content (AvgIpc) is 3.76. The molecule has 0 aromatic heterocycles. The van der Waals surface area contributed by atoms with Crippen LogP contribution in [0.2, 0.25) is 0 Å². The second kappa shape index (κ2) is 12.1. The van der Waals surface area contributed by atoms with E-state index in [0.29, 0.717) is 57.0 Å². The van der Waals surface area contributed by atoms with E-state index in [-0.39, 0.29) is 24.5 Å². The molecule has 2 spiro atoms. The van der Waals surface area contributed by atoms with Crippen LogP contribution in [0.5, 0.6) is 11.5 Å². The summed E-state index contributed by atoms with van der Waals surface area (Å²) in [5.74, 6) is 1.32. The van der Waals surface area contributed by atoms with E-state index in [1.807, 2.05) is 19.9 Å². The molecule has 0 radical (unpaired) electrons. The first-order valence-electron chi connectivity index (χ1n) is 18.0. The molecule has 1 saturated heterocycles. The zero-order valence-electron chi connectivity index (χ0n) is 29.0. The highest BCUT2D eigenvalue weighted by molar-refractivity contribution is 5.70. The predicted octanol–water partition coefficient (Wildman–Crippen LogP) is 4.64. The molecule has 10 heteroatoms. The van der Waals surface area contributed by atoms with E-state index in [1.54, 1.807) is 0 Å². The second-order valence-electron chi connectivity index (χ2n) is 16.2. The quantitative estimate of drug-likeness (QED) is 0.167. The molecule has 2 unspecified atom stereocenters. The Balaban J connectivity index is 1.13. The smallest absolute Gasteiger partial charge is 0.482 e. The summed E-state index contributed by atoms with van der Waals surface area (Å²) in [5.41, 5.74) is -0.998. The van der Waals surface area contributed by atoms with Crippen LogP contribution in [-0.4, -0.2) is 104 Å². The average molecular weight is 658 g/mol. The number of benzene rings is 1. The summed E-state index contributed by atoms with van der Waals surface area (Å²) >= 11 is 0. The van der Waals surface area contributed by atoms with Gasteiger partial charge in [-0.05, 0) is 88.3 Å². The summed E-state index contributed by atoms with van der Waals surface area (Å²) in [6.45, 7) is 15.0. The number of hydrogen-bond acceptors (Lipinski definition) is 10. The minimum absolute atomic E-state index is 0.0520. The van der Waals surface area contributed by atoms with E-state index >= 15 is 0 Å². The number of hydrogen-bond donors (Lipinski definition) is 2. The number of likely N-dealkylation sites (tertiary alicyclic amines) is 1. The van der Waals surface area contributed by atoms with Gasteiger partial charge in [0.2, 0.25) is 0 Å². The Labute approximate surface area is 279 Å². The first-order chi connectivity index (χ1) is 22.4. The Morgan fingerprint density at radius 1 is 1.00 bits per heavy atom. The number of ether oxygens (including phenoxy) is 6. The van der Waals surface area contributed by atoms with Crippen LogP contribution in [0.15, 0.2) is 12.1 Å². The number of carbonyl (C=O) groups excluding carboxylic acids is 1. The monoisotopic (exact) mass is 657 g/mol. The maximum Gasteiger partial charge on any atom is 0.514 e. The topological polar surface area (TPSA) is 116 Å². The Hall–Kier alpha value is -1.95. The fourth-order valence-corrected chi connectivity index (χ4v) is 10.2. The van der Waals surface area contributed by atoms with Gasteiger partial charge < -0.3 is 38.6 Å². The van der Waals surface area contributed by atoms with Crippen LogP contribution >= 0.6 is 0 Å². The van der Waals surface area contributed by atoms with Crippen molar-refractivity contribution in [3.05, 3.63) is 23.3 Å². The predicted molar refractivity (Wildman–Crippen MR) is 174 cm³/mol. The third-order valence-corrected chi connectivity index (χ3v) is 13.1. The van der Waals surface area contributed by atoms with E-state index in [4.69, 9.17) is 28.4 Å². The maximum absolute atomic E-state index is 12.9. The molecule has 2 N–H and O–H groups in total. The largest absolute Gasteiger partial charge is 0.514 e. The van der Waals surface area contributed by atoms with Crippen LogP contribution in [0.1, 0.15) is 84.3 Å². The molecule has 47 heavy (non-hydrogen) atoms. The van der Waals surface area contributed by atoms with Gasteiger partial charge in [0.15, 0.2) is 11.5 Å². The van der Waals surface area contributed by atoms with Crippen molar-refractivity contribution in [1.29, 1.82) is 0 Å². The Kier molecular flexibility index (Phi) is 8.65. The van der Waals surface area contributed by atoms with Gasteiger partial charge in [0.25, 0.3) is 0 Å². The molecule has 7 atom stereocenters. The highest BCUT2D eigenvalue weighted by Crippen LogP contribution is 2.77. The molecule has 262 valence electrons. The van der Waals surface area contributed by atoms with E-state index < -0.39 is 34.3 Å². The molecule has 0 amide bonds. The van der Waals surface area contributed by atoms with Crippen molar-refractivity contribution in [2.24, 2.45) is 22.7 Å². The number of piperidine rings is 1. The summed E-state index contributed by atoms with van der Waals surface area (Å²) in [6, 6.07) is 4.24. The van der Waals surface area contributed by atoms with Gasteiger partial charge in [-0.15, -0.1) is 0 Å². The highest BCUT2D eigenvalue weighted by Gasteiger charge is 2.82. The molecule has 2 aliphatic heterocycles. The standard InChI is InChI=1S/C37H55NO9/c1-6-42-15-16-43-17-18-44-19-20-45-32(39)46-26-10-9-25-21-28-35-11-12-37(41,27(22-35)34(5,40)33(2,3)4)31-36(35,29(25)30(26)47-31)13-14-38(28)23-24-7-8-24/h9-10,24,27-28,31,40-41H,6-8,11-23H2,1-5H3/t27-,28-,31-,34+,35?,36?,37+/m1/s1. The lowest BCUT2D eigenvalue weighted by Gasteiger charge is -2.75. The van der Waals surface area contributed by atoms with Gasteiger partial charge in [0, 0.05) is 41.5 Å². The van der Waals surface area contributed by atoms with Gasteiger partial charge in [-0.3, -0.25) is 4.90 Å².